The lowest BCUT2D eigenvalue weighted by Crippen LogP contribution is -2.08. The average Bonchev–Trinajstić information content (AvgIpc) is 3.08. The van der Waals surface area contributed by atoms with E-state index in [1.807, 2.05) is 0 Å². The van der Waals surface area contributed by atoms with E-state index in [1.54, 1.807) is 6.07 Å². The van der Waals surface area contributed by atoms with Crippen LogP contribution in [0.4, 0.5) is 20.2 Å². The second-order valence-electron chi connectivity index (χ2n) is 4.19. The molecule has 1 heterocycles. The van der Waals surface area contributed by atoms with Crippen molar-refractivity contribution in [2.75, 3.05) is 11.9 Å². The van der Waals surface area contributed by atoms with E-state index >= 15 is 0 Å². The van der Waals surface area contributed by atoms with Crippen molar-refractivity contribution >= 4 is 16.9 Å². The maximum atomic E-state index is 12.3. The molecule has 2 N–H and O–H groups in total. The molecular weight excluding hydrogens is 328 g/mol. The fourth-order valence-corrected chi connectivity index (χ4v) is 1.60. The van der Waals surface area contributed by atoms with Gasteiger partial charge >= 0.3 is 0 Å². The van der Waals surface area contributed by atoms with Crippen LogP contribution in [0.5, 0.6) is 5.75 Å². The van der Waals surface area contributed by atoms with E-state index in [0.717, 1.165) is 18.3 Å². The van der Waals surface area contributed by atoms with E-state index in [9.17, 15) is 18.9 Å². The quantitative estimate of drug-likeness (QED) is 0.442. The summed E-state index contributed by atoms with van der Waals surface area (Å²) in [6, 6.07) is 5.18. The molecule has 24 heavy (non-hydrogen) atoms. The highest BCUT2D eigenvalue weighted by atomic mass is 19.3. The number of anilines is 1. The number of aromatic nitrogens is 4. The largest absolute Gasteiger partial charge is 0.485 e. The van der Waals surface area contributed by atoms with Gasteiger partial charge in [-0.2, -0.15) is 10.5 Å². The predicted molar refractivity (Wildman–Crippen MR) is 76.0 cm³/mol. The van der Waals surface area contributed by atoms with Crippen LogP contribution in [0, 0.1) is 21.4 Å². The van der Waals surface area contributed by atoms with Gasteiger partial charge in [0.15, 0.2) is 0 Å². The molecular formula is C12H9F2N7O3. The summed E-state index contributed by atoms with van der Waals surface area (Å²) in [4.78, 5) is 10.2. The fourth-order valence-electron chi connectivity index (χ4n) is 1.60. The number of hydrogen-bond acceptors (Lipinski definition) is 8. The van der Waals surface area contributed by atoms with Crippen LogP contribution in [0.1, 0.15) is 5.82 Å². The number of aromatic amines is 1. The number of hydrogen-bond donors (Lipinski definition) is 2. The molecule has 1 aromatic heterocycles. The first-order valence-electron chi connectivity index (χ1n) is 6.31. The average molecular weight is 337 g/mol. The van der Waals surface area contributed by atoms with E-state index in [0.29, 0.717) is 0 Å². The normalized spacial score (nSPS) is 11.2. The molecule has 12 heteroatoms. The number of nitro benzene ring substituents is 1. The third kappa shape index (κ3) is 4.19. The molecule has 124 valence electrons. The monoisotopic (exact) mass is 337 g/mol. The second kappa shape index (κ2) is 7.58. The zero-order chi connectivity index (χ0) is 17.5. The third-order valence-corrected chi connectivity index (χ3v) is 2.62. The number of ether oxygens (including phenoxy) is 1. The highest BCUT2D eigenvalue weighted by Crippen LogP contribution is 2.30. The molecule has 0 spiro atoms. The first kappa shape index (κ1) is 16.7. The van der Waals surface area contributed by atoms with E-state index in [1.165, 1.54) is 6.07 Å². The van der Waals surface area contributed by atoms with Crippen molar-refractivity contribution in [3.8, 4) is 11.8 Å². The number of non-ortho nitro benzene ring substituents is 1. The number of nitro groups is 1. The molecule has 0 fully saturated rings. The lowest BCUT2D eigenvalue weighted by molar-refractivity contribution is -0.384. The third-order valence-electron chi connectivity index (χ3n) is 2.62. The maximum absolute atomic E-state index is 12.3. The van der Waals surface area contributed by atoms with Gasteiger partial charge in [0.05, 0.1) is 10.6 Å². The molecule has 0 unspecified atom stereocenters. The fraction of sp³-hybridized carbons (Fsp3) is 0.167. The second-order valence-corrected chi connectivity index (χ2v) is 4.19. The van der Waals surface area contributed by atoms with Crippen LogP contribution in [-0.2, 0) is 0 Å². The van der Waals surface area contributed by atoms with Crippen molar-refractivity contribution in [2.24, 2.45) is 0 Å². The van der Waals surface area contributed by atoms with E-state index in [2.05, 4.69) is 25.9 Å². The van der Waals surface area contributed by atoms with Crippen LogP contribution < -0.4 is 10.1 Å². The minimum absolute atomic E-state index is 0.00882. The number of alkyl halides is 2. The molecule has 0 saturated heterocycles. The summed E-state index contributed by atoms with van der Waals surface area (Å²) in [5.74, 6) is -0.0481. The summed E-state index contributed by atoms with van der Waals surface area (Å²) in [6.45, 7) is -0.883. The predicted octanol–water partition coefficient (Wildman–Crippen LogP) is 1.73. The number of rotatable bonds is 7. The Morgan fingerprint density at radius 3 is 2.96 bits per heavy atom. The van der Waals surface area contributed by atoms with Gasteiger partial charge in [0.2, 0.25) is 5.82 Å². The molecule has 0 aliphatic carbocycles. The first-order valence-corrected chi connectivity index (χ1v) is 6.31. The highest BCUT2D eigenvalue weighted by Gasteiger charge is 2.14. The van der Waals surface area contributed by atoms with E-state index in [4.69, 9.17) is 10.00 Å². The zero-order valence-corrected chi connectivity index (χ0v) is 11.8. The zero-order valence-electron chi connectivity index (χ0n) is 11.8. The number of H-pyrrole nitrogens is 1. The van der Waals surface area contributed by atoms with Gasteiger partial charge in [0, 0.05) is 18.3 Å². The van der Waals surface area contributed by atoms with Crippen LogP contribution in [0.2, 0.25) is 0 Å². The molecule has 0 atom stereocenters. The Morgan fingerprint density at radius 1 is 1.58 bits per heavy atom. The molecule has 0 bridgehead atoms. The lowest BCUT2D eigenvalue weighted by Gasteiger charge is -2.11. The molecule has 0 radical (unpaired) electrons. The standard InChI is InChI=1S/C12H9F2N7O3/c13-11(14)6-24-10-2-1-8(21(22)23)3-9(10)16-5-7(4-15)12-17-19-20-18-12/h1-3,5,11,16H,6H2,(H,17,18,19,20). The summed E-state index contributed by atoms with van der Waals surface area (Å²) in [6.07, 6.45) is -1.56. The van der Waals surface area contributed by atoms with Crippen molar-refractivity contribution < 1.29 is 18.4 Å². The topological polar surface area (TPSA) is 143 Å². The minimum atomic E-state index is -2.71. The summed E-state index contributed by atoms with van der Waals surface area (Å²) in [5.41, 5.74) is -0.287. The van der Waals surface area contributed by atoms with Crippen molar-refractivity contribution in [2.45, 2.75) is 6.43 Å². The molecule has 2 aromatic rings. The van der Waals surface area contributed by atoms with Crippen molar-refractivity contribution in [3.63, 3.8) is 0 Å². The number of tetrazole rings is 1. The van der Waals surface area contributed by atoms with Crippen LogP contribution >= 0.6 is 0 Å². The van der Waals surface area contributed by atoms with Gasteiger partial charge in [0.1, 0.15) is 24.0 Å². The van der Waals surface area contributed by atoms with E-state index < -0.39 is 18.0 Å². The van der Waals surface area contributed by atoms with Gasteiger partial charge in [0.25, 0.3) is 12.1 Å². The number of benzene rings is 1. The summed E-state index contributed by atoms with van der Waals surface area (Å²) < 4.78 is 29.5. The van der Waals surface area contributed by atoms with E-state index in [-0.39, 0.29) is 28.5 Å². The molecule has 0 amide bonds. The Bertz CT molecular complexity index is 786. The Morgan fingerprint density at radius 2 is 2.38 bits per heavy atom. The van der Waals surface area contributed by atoms with Gasteiger partial charge in [-0.15, -0.1) is 10.2 Å². The number of halogens is 2. The van der Waals surface area contributed by atoms with Crippen molar-refractivity contribution in [1.82, 2.24) is 20.6 Å². The van der Waals surface area contributed by atoms with Crippen LogP contribution in [-0.4, -0.2) is 38.6 Å². The molecule has 10 nitrogen and oxygen atoms in total. The Balaban J connectivity index is 2.30. The van der Waals surface area contributed by atoms with Gasteiger partial charge in [-0.25, -0.2) is 8.78 Å². The maximum Gasteiger partial charge on any atom is 0.272 e. The number of nitrogens with one attached hydrogen (secondary N) is 2. The first-order chi connectivity index (χ1) is 11.5. The minimum Gasteiger partial charge on any atom is -0.485 e. The van der Waals surface area contributed by atoms with Gasteiger partial charge in [-0.05, 0) is 11.3 Å². The SMILES string of the molecule is N#CC(=CNc1cc([N+](=O)[O-])ccc1OCC(F)F)c1nn[nH]n1. The molecule has 2 rings (SSSR count). The lowest BCUT2D eigenvalue weighted by atomic mass is 10.2. The summed E-state index contributed by atoms with van der Waals surface area (Å²) in [7, 11) is 0. The summed E-state index contributed by atoms with van der Waals surface area (Å²) >= 11 is 0. The van der Waals surface area contributed by atoms with Gasteiger partial charge in [-0.3, -0.25) is 10.1 Å². The Labute approximate surface area is 132 Å². The summed E-state index contributed by atoms with van der Waals surface area (Å²) in [5, 5.41) is 35.1. The van der Waals surface area contributed by atoms with Crippen molar-refractivity contribution in [1.29, 1.82) is 5.26 Å². The van der Waals surface area contributed by atoms with Crippen LogP contribution in [0.3, 0.4) is 0 Å². The molecule has 0 saturated carbocycles. The molecule has 0 aliphatic heterocycles. The number of nitrogens with zero attached hydrogens (tertiary/aromatic N) is 5. The number of nitriles is 1. The smallest absolute Gasteiger partial charge is 0.272 e. The Hall–Kier alpha value is -3.62. The molecule has 0 aliphatic rings. The van der Waals surface area contributed by atoms with Crippen molar-refractivity contribution in [3.05, 3.63) is 40.3 Å². The Kier molecular flexibility index (Phi) is 5.29. The number of allylic oxidation sites excluding steroid dienone is 1. The van der Waals surface area contributed by atoms with Gasteiger partial charge in [-0.1, -0.05) is 0 Å². The van der Waals surface area contributed by atoms with Gasteiger partial charge < -0.3 is 10.1 Å². The van der Waals surface area contributed by atoms with Crippen LogP contribution in [0.15, 0.2) is 24.4 Å². The van der Waals surface area contributed by atoms with Crippen LogP contribution in [0.25, 0.3) is 5.57 Å². The molecule has 1 aromatic carbocycles. The highest BCUT2D eigenvalue weighted by molar-refractivity contribution is 5.75.